The van der Waals surface area contributed by atoms with Crippen LogP contribution in [-0.4, -0.2) is 33.3 Å². The zero-order valence-corrected chi connectivity index (χ0v) is 9.24. The normalized spacial score (nSPS) is 10.6. The molecule has 0 rings (SSSR count). The zero-order valence-electron chi connectivity index (χ0n) is 8.43. The predicted molar refractivity (Wildman–Crippen MR) is 47.1 cm³/mol. The van der Waals surface area contributed by atoms with Gasteiger partial charge in [-0.05, 0) is 20.8 Å². The second kappa shape index (κ2) is 10.8. The Morgan fingerprint density at radius 2 is 1.29 bits per heavy atom. The molecule has 0 atom stereocenters. The summed E-state index contributed by atoms with van der Waals surface area (Å²) in [6, 6.07) is 0. The van der Waals surface area contributed by atoms with Crippen LogP contribution in [0.3, 0.4) is 0 Å². The van der Waals surface area contributed by atoms with Gasteiger partial charge in [0.1, 0.15) is 0 Å². The van der Waals surface area contributed by atoms with Crippen molar-refractivity contribution in [3.63, 3.8) is 0 Å². The lowest BCUT2D eigenvalue weighted by Gasteiger charge is -2.00. The van der Waals surface area contributed by atoms with Gasteiger partial charge in [0.15, 0.2) is 0 Å². The minimum atomic E-state index is -4.15. The number of hydrogen-bond donors (Lipinski definition) is 1. The fraction of sp³-hybridized carbons (Fsp3) is 1.00. The first-order valence-corrected chi connectivity index (χ1v) is 5.35. The lowest BCUT2D eigenvalue weighted by atomic mass is 10.9. The van der Waals surface area contributed by atoms with Crippen molar-refractivity contribution >= 4 is 10.4 Å². The maximum absolute atomic E-state index is 10.5. The Hall–Kier alpha value is -0.250. The number of aliphatic hydroxyl groups excluding tert-OH is 1. The average molecular weight is 232 g/mol. The number of rotatable bonds is 6. The van der Waals surface area contributed by atoms with Gasteiger partial charge in [-0.2, -0.15) is 8.42 Å². The van der Waals surface area contributed by atoms with Crippen LogP contribution in [0.25, 0.3) is 0 Å². The molecular formula is C6H16O7S. The van der Waals surface area contributed by atoms with E-state index in [-0.39, 0.29) is 19.8 Å². The van der Waals surface area contributed by atoms with Crippen LogP contribution >= 0.6 is 0 Å². The smallest absolute Gasteiger partial charge is 0.397 e. The number of aliphatic hydroxyl groups is 1. The Kier molecular flexibility index (Phi) is 12.5. The molecule has 0 aliphatic rings. The van der Waals surface area contributed by atoms with E-state index in [1.165, 1.54) is 0 Å². The highest BCUT2D eigenvalue weighted by atomic mass is 32.3. The minimum Gasteiger partial charge on any atom is -0.397 e. The van der Waals surface area contributed by atoms with E-state index in [2.05, 4.69) is 18.4 Å². The van der Waals surface area contributed by atoms with Gasteiger partial charge >= 0.3 is 10.4 Å². The summed E-state index contributed by atoms with van der Waals surface area (Å²) in [6.45, 7) is 5.27. The fourth-order valence-corrected chi connectivity index (χ4v) is 0.676. The van der Waals surface area contributed by atoms with Crippen molar-refractivity contribution in [3.05, 3.63) is 0 Å². The number of hydrogen-bond acceptors (Lipinski definition) is 7. The predicted octanol–water partition coefficient (Wildman–Crippen LogP) is 0.166. The van der Waals surface area contributed by atoms with Crippen LogP contribution in [-0.2, 0) is 28.8 Å². The standard InChI is InChI=1S/C4H10O6S.C2H6O/c1-3-7-9-11(5,6)10-8-4-2;1-2-3/h3-4H2,1-2H3;3H,2H2,1H3. The lowest BCUT2D eigenvalue weighted by molar-refractivity contribution is -0.254. The van der Waals surface area contributed by atoms with Crippen molar-refractivity contribution in [1.82, 2.24) is 0 Å². The van der Waals surface area contributed by atoms with Crippen molar-refractivity contribution in [3.8, 4) is 0 Å². The van der Waals surface area contributed by atoms with E-state index in [1.54, 1.807) is 20.8 Å². The summed E-state index contributed by atoms with van der Waals surface area (Å²) >= 11 is 0. The molecule has 0 aromatic rings. The molecule has 0 radical (unpaired) electrons. The van der Waals surface area contributed by atoms with E-state index in [0.29, 0.717) is 0 Å². The van der Waals surface area contributed by atoms with E-state index in [9.17, 15) is 8.42 Å². The van der Waals surface area contributed by atoms with E-state index in [4.69, 9.17) is 5.11 Å². The second-order valence-corrected chi connectivity index (χ2v) is 2.76. The maximum Gasteiger partial charge on any atom is 0.453 e. The second-order valence-electron chi connectivity index (χ2n) is 1.67. The van der Waals surface area contributed by atoms with E-state index in [0.717, 1.165) is 0 Å². The van der Waals surface area contributed by atoms with Crippen molar-refractivity contribution in [1.29, 1.82) is 0 Å². The molecule has 0 saturated carbocycles. The van der Waals surface area contributed by atoms with Crippen LogP contribution in [0.5, 0.6) is 0 Å². The fourth-order valence-electron chi connectivity index (χ4n) is 0.225. The average Bonchev–Trinajstić information content (AvgIpc) is 2.13. The van der Waals surface area contributed by atoms with E-state index < -0.39 is 10.4 Å². The first-order chi connectivity index (χ1) is 6.54. The topological polar surface area (TPSA) is 91.3 Å². The highest BCUT2D eigenvalue weighted by Gasteiger charge is 2.13. The molecule has 0 aromatic heterocycles. The third-order valence-electron chi connectivity index (χ3n) is 0.499. The molecular weight excluding hydrogens is 216 g/mol. The van der Waals surface area contributed by atoms with Crippen LogP contribution in [0.2, 0.25) is 0 Å². The van der Waals surface area contributed by atoms with Gasteiger partial charge in [0.25, 0.3) is 0 Å². The molecule has 7 nitrogen and oxygen atoms in total. The summed E-state index contributed by atoms with van der Waals surface area (Å²) in [5, 5.41) is 7.57. The van der Waals surface area contributed by atoms with Gasteiger partial charge in [0.2, 0.25) is 0 Å². The van der Waals surface area contributed by atoms with Gasteiger partial charge in [-0.1, -0.05) is 8.67 Å². The lowest BCUT2D eigenvalue weighted by Crippen LogP contribution is -2.11. The molecule has 14 heavy (non-hydrogen) atoms. The van der Waals surface area contributed by atoms with Gasteiger partial charge in [-0.3, -0.25) is 0 Å². The van der Waals surface area contributed by atoms with Crippen LogP contribution in [0.1, 0.15) is 20.8 Å². The van der Waals surface area contributed by atoms with Crippen molar-refractivity contribution < 1.29 is 32.0 Å². The monoisotopic (exact) mass is 232 g/mol. The Balaban J connectivity index is 0. The minimum absolute atomic E-state index is 0.106. The molecule has 8 heteroatoms. The molecule has 0 spiro atoms. The van der Waals surface area contributed by atoms with Crippen LogP contribution in [0, 0.1) is 0 Å². The molecule has 0 aliphatic heterocycles. The third-order valence-corrected chi connectivity index (χ3v) is 1.02. The van der Waals surface area contributed by atoms with Crippen LogP contribution in [0.4, 0.5) is 0 Å². The molecule has 0 heterocycles. The maximum atomic E-state index is 10.5. The summed E-state index contributed by atoms with van der Waals surface area (Å²) in [6.07, 6.45) is 0. The summed E-state index contributed by atoms with van der Waals surface area (Å²) in [7, 11) is -4.15. The molecule has 0 fully saturated rings. The molecule has 0 aliphatic carbocycles. The summed E-state index contributed by atoms with van der Waals surface area (Å²) in [4.78, 5) is 8.20. The van der Waals surface area contributed by atoms with E-state index >= 15 is 0 Å². The van der Waals surface area contributed by atoms with Gasteiger partial charge in [0.05, 0.1) is 13.2 Å². The third kappa shape index (κ3) is 14.3. The molecule has 0 bridgehead atoms. The molecule has 0 unspecified atom stereocenters. The van der Waals surface area contributed by atoms with Crippen molar-refractivity contribution in [2.75, 3.05) is 19.8 Å². The van der Waals surface area contributed by atoms with Crippen LogP contribution in [0.15, 0.2) is 0 Å². The van der Waals surface area contributed by atoms with E-state index in [1.807, 2.05) is 0 Å². The Labute approximate surface area is 83.7 Å². The van der Waals surface area contributed by atoms with Gasteiger partial charge in [-0.15, -0.1) is 0 Å². The highest BCUT2D eigenvalue weighted by Crippen LogP contribution is 1.96. The Morgan fingerprint density at radius 3 is 1.50 bits per heavy atom. The first-order valence-electron chi connectivity index (χ1n) is 4.01. The quantitative estimate of drug-likeness (QED) is 0.515. The molecule has 1 N–H and O–H groups in total. The SMILES string of the molecule is CCO.CCOOS(=O)(=O)OOCC. The zero-order chi connectivity index (χ0) is 11.4. The molecule has 88 valence electrons. The van der Waals surface area contributed by atoms with Gasteiger partial charge < -0.3 is 5.11 Å². The Morgan fingerprint density at radius 1 is 1.00 bits per heavy atom. The molecule has 0 saturated heterocycles. The summed E-state index contributed by atoms with van der Waals surface area (Å²) in [5.41, 5.74) is 0. The first kappa shape index (κ1) is 16.2. The molecule has 0 amide bonds. The van der Waals surface area contributed by atoms with Gasteiger partial charge in [-0.25, -0.2) is 9.78 Å². The largest absolute Gasteiger partial charge is 0.453 e. The highest BCUT2D eigenvalue weighted by molar-refractivity contribution is 7.81. The van der Waals surface area contributed by atoms with Crippen LogP contribution < -0.4 is 0 Å². The van der Waals surface area contributed by atoms with Crippen molar-refractivity contribution in [2.45, 2.75) is 20.8 Å². The molecule has 0 aromatic carbocycles. The van der Waals surface area contributed by atoms with Gasteiger partial charge in [0, 0.05) is 6.61 Å². The summed E-state index contributed by atoms with van der Waals surface area (Å²) < 4.78 is 28.5. The summed E-state index contributed by atoms with van der Waals surface area (Å²) in [5.74, 6) is 0. The Bertz CT molecular complexity index is 174. The van der Waals surface area contributed by atoms with Crippen molar-refractivity contribution in [2.24, 2.45) is 0 Å².